The molecular formula is C18H19NO5. The number of pyridine rings is 1. The number of hydrogen-bond acceptors (Lipinski definition) is 6. The Balaban J connectivity index is 1.74. The lowest BCUT2D eigenvalue weighted by atomic mass is 9.95. The summed E-state index contributed by atoms with van der Waals surface area (Å²) in [5.74, 6) is 0.433. The number of aliphatic hydroxyl groups is 2. The molecule has 6 heteroatoms. The van der Waals surface area contributed by atoms with E-state index in [0.717, 1.165) is 22.4 Å². The summed E-state index contributed by atoms with van der Waals surface area (Å²) in [6, 6.07) is 9.41. The second kappa shape index (κ2) is 6.98. The van der Waals surface area contributed by atoms with Gasteiger partial charge in [-0.25, -0.2) is 4.98 Å². The highest BCUT2D eigenvalue weighted by atomic mass is 16.5. The van der Waals surface area contributed by atoms with E-state index in [1.54, 1.807) is 13.1 Å². The highest BCUT2D eigenvalue weighted by Gasteiger charge is 2.22. The highest BCUT2D eigenvalue weighted by Crippen LogP contribution is 2.36. The van der Waals surface area contributed by atoms with E-state index in [9.17, 15) is 9.90 Å². The van der Waals surface area contributed by atoms with Crippen LogP contribution in [0.25, 0.3) is 0 Å². The first-order chi connectivity index (χ1) is 11.6. The molecule has 0 saturated carbocycles. The molecule has 0 spiro atoms. The fourth-order valence-corrected chi connectivity index (χ4v) is 2.56. The summed E-state index contributed by atoms with van der Waals surface area (Å²) in [5, 5.41) is 18.0. The van der Waals surface area contributed by atoms with Crippen molar-refractivity contribution >= 4 is 5.97 Å². The summed E-state index contributed by atoms with van der Waals surface area (Å²) in [5.41, 5.74) is 2.81. The molecule has 2 atom stereocenters. The van der Waals surface area contributed by atoms with Crippen LogP contribution in [0.1, 0.15) is 29.5 Å². The van der Waals surface area contributed by atoms with Crippen molar-refractivity contribution < 1.29 is 24.5 Å². The molecule has 3 rings (SSSR count). The largest absolute Gasteiger partial charge is 0.462 e. The van der Waals surface area contributed by atoms with Gasteiger partial charge in [-0.3, -0.25) is 4.79 Å². The van der Waals surface area contributed by atoms with Gasteiger partial charge in [-0.05, 0) is 30.2 Å². The molecule has 0 bridgehead atoms. The van der Waals surface area contributed by atoms with Crippen LogP contribution in [0.15, 0.2) is 36.5 Å². The van der Waals surface area contributed by atoms with Gasteiger partial charge < -0.3 is 19.7 Å². The smallest absolute Gasteiger partial charge is 0.313 e. The van der Waals surface area contributed by atoms with Gasteiger partial charge in [0.15, 0.2) is 0 Å². The number of hydrogen-bond donors (Lipinski definition) is 2. The van der Waals surface area contributed by atoms with Gasteiger partial charge >= 0.3 is 5.97 Å². The Bertz CT molecular complexity index is 746. The zero-order valence-corrected chi connectivity index (χ0v) is 13.3. The van der Waals surface area contributed by atoms with Crippen LogP contribution in [-0.4, -0.2) is 40.5 Å². The molecule has 2 unspecified atom stereocenters. The minimum Gasteiger partial charge on any atom is -0.462 e. The van der Waals surface area contributed by atoms with E-state index in [2.05, 4.69) is 4.98 Å². The number of esters is 1. The number of nitrogens with zero attached hydrogens (tertiary/aromatic N) is 1. The zero-order valence-electron chi connectivity index (χ0n) is 13.3. The quantitative estimate of drug-likeness (QED) is 0.694. The second-order valence-corrected chi connectivity index (χ2v) is 5.80. The molecule has 1 aliphatic heterocycles. The Kier molecular flexibility index (Phi) is 4.78. The van der Waals surface area contributed by atoms with Crippen LogP contribution in [0.4, 0.5) is 0 Å². The molecule has 1 aromatic heterocycles. The summed E-state index contributed by atoms with van der Waals surface area (Å²) in [6.45, 7) is 1.09. The van der Waals surface area contributed by atoms with Crippen LogP contribution >= 0.6 is 0 Å². The summed E-state index contributed by atoms with van der Waals surface area (Å²) >= 11 is 0. The van der Waals surface area contributed by atoms with Crippen LogP contribution in [0.2, 0.25) is 0 Å². The van der Waals surface area contributed by atoms with Gasteiger partial charge in [-0.2, -0.15) is 0 Å². The molecule has 1 aliphatic rings. The van der Waals surface area contributed by atoms with Crippen molar-refractivity contribution in [3.05, 3.63) is 53.2 Å². The lowest BCUT2D eigenvalue weighted by Gasteiger charge is -2.21. The number of carbonyl (C=O) groups is 1. The summed E-state index contributed by atoms with van der Waals surface area (Å²) in [4.78, 5) is 16.3. The minimum atomic E-state index is -1.05. The first-order valence-corrected chi connectivity index (χ1v) is 7.78. The topological polar surface area (TPSA) is 88.9 Å². The maximum Gasteiger partial charge on any atom is 0.313 e. The first-order valence-electron chi connectivity index (χ1n) is 7.78. The van der Waals surface area contributed by atoms with E-state index in [1.165, 1.54) is 0 Å². The number of ether oxygens (including phenoxy) is 2. The minimum absolute atomic E-state index is 0.216. The SMILES string of the molecule is CC(C(=O)OCC(O)CO)c1ccc2c(c1)Cc1cccnc1O2. The van der Waals surface area contributed by atoms with Crippen LogP contribution in [0.3, 0.4) is 0 Å². The average molecular weight is 329 g/mol. The van der Waals surface area contributed by atoms with E-state index in [0.29, 0.717) is 12.3 Å². The Morgan fingerprint density at radius 3 is 3.00 bits per heavy atom. The fraction of sp³-hybridized carbons (Fsp3) is 0.333. The Morgan fingerprint density at radius 2 is 2.21 bits per heavy atom. The molecular weight excluding hydrogens is 310 g/mol. The molecule has 0 amide bonds. The number of aromatic nitrogens is 1. The number of fused-ring (bicyclic) bond motifs is 2. The summed E-state index contributed by atoms with van der Waals surface area (Å²) in [6.07, 6.45) is 1.33. The third-order valence-corrected chi connectivity index (χ3v) is 4.00. The van der Waals surface area contributed by atoms with E-state index >= 15 is 0 Å². The summed E-state index contributed by atoms with van der Waals surface area (Å²) in [7, 11) is 0. The Labute approximate surface area is 139 Å². The normalized spacial score (nSPS) is 14.8. The average Bonchev–Trinajstić information content (AvgIpc) is 2.62. The van der Waals surface area contributed by atoms with Crippen LogP contribution < -0.4 is 4.74 Å². The molecule has 24 heavy (non-hydrogen) atoms. The van der Waals surface area contributed by atoms with Gasteiger partial charge in [0, 0.05) is 18.2 Å². The standard InChI is InChI=1S/C18H19NO5/c1-11(18(22)23-10-15(21)9-20)12-4-5-16-14(7-12)8-13-3-2-6-19-17(13)24-16/h2-7,11,15,20-21H,8-10H2,1H3. The van der Waals surface area contributed by atoms with Gasteiger partial charge in [0.05, 0.1) is 12.5 Å². The number of benzene rings is 1. The maximum absolute atomic E-state index is 12.1. The third-order valence-electron chi connectivity index (χ3n) is 4.00. The van der Waals surface area contributed by atoms with E-state index in [-0.39, 0.29) is 6.61 Å². The molecule has 1 aromatic carbocycles. The van der Waals surface area contributed by atoms with Crippen molar-refractivity contribution in [2.24, 2.45) is 0 Å². The van der Waals surface area contributed by atoms with Crippen LogP contribution in [-0.2, 0) is 16.0 Å². The molecule has 2 heterocycles. The Morgan fingerprint density at radius 1 is 1.38 bits per heavy atom. The zero-order chi connectivity index (χ0) is 17.1. The van der Waals surface area contributed by atoms with Crippen molar-refractivity contribution in [1.82, 2.24) is 4.98 Å². The van der Waals surface area contributed by atoms with E-state index in [1.807, 2.05) is 30.3 Å². The molecule has 0 saturated heterocycles. The monoisotopic (exact) mass is 329 g/mol. The van der Waals surface area contributed by atoms with Gasteiger partial charge in [-0.15, -0.1) is 0 Å². The van der Waals surface area contributed by atoms with Crippen molar-refractivity contribution in [2.75, 3.05) is 13.2 Å². The van der Waals surface area contributed by atoms with Gasteiger partial charge in [0.1, 0.15) is 18.5 Å². The number of aliphatic hydroxyl groups excluding tert-OH is 2. The van der Waals surface area contributed by atoms with Gasteiger partial charge in [0.25, 0.3) is 0 Å². The predicted molar refractivity (Wildman–Crippen MR) is 86.0 cm³/mol. The lowest BCUT2D eigenvalue weighted by Crippen LogP contribution is -2.24. The van der Waals surface area contributed by atoms with Crippen LogP contribution in [0.5, 0.6) is 11.6 Å². The third kappa shape index (κ3) is 3.39. The molecule has 6 nitrogen and oxygen atoms in total. The first kappa shape index (κ1) is 16.4. The molecule has 0 aliphatic carbocycles. The number of carbonyl (C=O) groups excluding carboxylic acids is 1. The molecule has 126 valence electrons. The molecule has 2 N–H and O–H groups in total. The second-order valence-electron chi connectivity index (χ2n) is 5.80. The van der Waals surface area contributed by atoms with E-state index < -0.39 is 24.6 Å². The molecule has 2 aromatic rings. The van der Waals surface area contributed by atoms with Gasteiger partial charge in [-0.1, -0.05) is 18.2 Å². The van der Waals surface area contributed by atoms with Crippen molar-refractivity contribution in [3.8, 4) is 11.6 Å². The van der Waals surface area contributed by atoms with Crippen molar-refractivity contribution in [1.29, 1.82) is 0 Å². The lowest BCUT2D eigenvalue weighted by molar-refractivity contribution is -0.148. The summed E-state index contributed by atoms with van der Waals surface area (Å²) < 4.78 is 10.8. The van der Waals surface area contributed by atoms with Gasteiger partial charge in [0.2, 0.25) is 5.88 Å². The Hall–Kier alpha value is -2.44. The fourth-order valence-electron chi connectivity index (χ4n) is 2.56. The van der Waals surface area contributed by atoms with Crippen molar-refractivity contribution in [3.63, 3.8) is 0 Å². The molecule has 0 radical (unpaired) electrons. The van der Waals surface area contributed by atoms with Crippen LogP contribution in [0, 0.1) is 0 Å². The van der Waals surface area contributed by atoms with E-state index in [4.69, 9.17) is 14.6 Å². The number of rotatable bonds is 5. The predicted octanol–water partition coefficient (Wildman–Crippen LogP) is 1.78. The highest BCUT2D eigenvalue weighted by molar-refractivity contribution is 5.78. The maximum atomic E-state index is 12.1. The van der Waals surface area contributed by atoms with Crippen molar-refractivity contribution in [2.45, 2.75) is 25.4 Å². The molecule has 0 fully saturated rings.